The first-order valence-electron chi connectivity index (χ1n) is 7.66. The number of hydrogen-bond donors (Lipinski definition) is 0. The summed E-state index contributed by atoms with van der Waals surface area (Å²) >= 11 is 0. The molecule has 1 fully saturated rings. The molecule has 0 aromatic heterocycles. The van der Waals surface area contributed by atoms with Gasteiger partial charge in [0.1, 0.15) is 15.7 Å². The van der Waals surface area contributed by atoms with Crippen LogP contribution in [0.2, 0.25) is 0 Å². The van der Waals surface area contributed by atoms with E-state index < -0.39 is 9.84 Å². The lowest BCUT2D eigenvalue weighted by molar-refractivity contribution is 0.577. The number of sulfone groups is 1. The zero-order valence-corrected chi connectivity index (χ0v) is 13.4. The van der Waals surface area contributed by atoms with Gasteiger partial charge in [-0.1, -0.05) is 12.8 Å². The minimum atomic E-state index is -2.88. The van der Waals surface area contributed by atoms with Gasteiger partial charge in [-0.15, -0.1) is 0 Å². The molecule has 0 atom stereocenters. The molecule has 0 heterocycles. The number of anilines is 1. The fraction of sp³-hybridized carbons (Fsp3) is 0.625. The van der Waals surface area contributed by atoms with Gasteiger partial charge in [-0.2, -0.15) is 0 Å². The molecule has 1 aliphatic rings. The van der Waals surface area contributed by atoms with E-state index in [9.17, 15) is 12.8 Å². The Morgan fingerprint density at radius 2 is 1.76 bits per heavy atom. The Morgan fingerprint density at radius 3 is 2.33 bits per heavy atom. The molecule has 0 amide bonds. The van der Waals surface area contributed by atoms with Crippen molar-refractivity contribution in [3.05, 3.63) is 30.1 Å². The number of benzene rings is 1. The van der Waals surface area contributed by atoms with Gasteiger partial charge in [0.05, 0.1) is 0 Å². The second-order valence-electron chi connectivity index (χ2n) is 5.95. The molecule has 0 N–H and O–H groups in total. The van der Waals surface area contributed by atoms with Gasteiger partial charge in [-0.3, -0.25) is 0 Å². The lowest BCUT2D eigenvalue weighted by Crippen LogP contribution is -2.34. The molecule has 0 aliphatic heterocycles. The topological polar surface area (TPSA) is 37.4 Å². The quantitative estimate of drug-likeness (QED) is 0.724. The van der Waals surface area contributed by atoms with Crippen molar-refractivity contribution in [2.45, 2.75) is 44.6 Å². The van der Waals surface area contributed by atoms with Gasteiger partial charge in [-0.25, -0.2) is 12.8 Å². The molecule has 1 aromatic carbocycles. The van der Waals surface area contributed by atoms with E-state index >= 15 is 0 Å². The van der Waals surface area contributed by atoms with Crippen LogP contribution in [0.5, 0.6) is 0 Å². The van der Waals surface area contributed by atoms with Crippen molar-refractivity contribution in [3.8, 4) is 0 Å². The fourth-order valence-corrected chi connectivity index (χ4v) is 3.75. The zero-order chi connectivity index (χ0) is 15.3. The summed E-state index contributed by atoms with van der Waals surface area (Å²) in [6.07, 6.45) is 7.64. The number of unbranched alkanes of at least 4 members (excludes halogenated alkanes) is 1. The van der Waals surface area contributed by atoms with Crippen LogP contribution < -0.4 is 4.90 Å². The van der Waals surface area contributed by atoms with Crippen molar-refractivity contribution in [2.24, 2.45) is 0 Å². The molecule has 1 saturated carbocycles. The number of hydrogen-bond acceptors (Lipinski definition) is 3. The third-order valence-electron chi connectivity index (χ3n) is 4.09. The first kappa shape index (κ1) is 16.3. The largest absolute Gasteiger partial charge is 0.369 e. The average molecular weight is 313 g/mol. The molecule has 3 nitrogen and oxygen atoms in total. The normalized spacial score (nSPS) is 16.3. The molecule has 0 bridgehead atoms. The Labute approximate surface area is 127 Å². The van der Waals surface area contributed by atoms with Crippen molar-refractivity contribution in [1.29, 1.82) is 0 Å². The van der Waals surface area contributed by atoms with E-state index in [1.807, 2.05) is 12.1 Å². The van der Waals surface area contributed by atoms with Gasteiger partial charge in [-0.05, 0) is 49.9 Å². The summed E-state index contributed by atoms with van der Waals surface area (Å²) in [4.78, 5) is 2.33. The van der Waals surface area contributed by atoms with Crippen LogP contribution in [0.4, 0.5) is 10.1 Å². The Kier molecular flexibility index (Phi) is 5.62. The molecule has 0 saturated heterocycles. The molecule has 118 valence electrons. The van der Waals surface area contributed by atoms with Crippen LogP contribution in [0.15, 0.2) is 24.3 Å². The van der Waals surface area contributed by atoms with E-state index in [1.165, 1.54) is 44.1 Å². The van der Waals surface area contributed by atoms with Crippen LogP contribution in [-0.2, 0) is 9.84 Å². The van der Waals surface area contributed by atoms with Crippen molar-refractivity contribution >= 4 is 15.5 Å². The maximum absolute atomic E-state index is 13.1. The van der Waals surface area contributed by atoms with Crippen LogP contribution in [0.1, 0.15) is 38.5 Å². The highest BCUT2D eigenvalue weighted by atomic mass is 32.2. The van der Waals surface area contributed by atoms with E-state index in [-0.39, 0.29) is 11.6 Å². The van der Waals surface area contributed by atoms with Crippen molar-refractivity contribution < 1.29 is 12.8 Å². The molecule has 1 aromatic rings. The Bertz CT molecular complexity index is 536. The Morgan fingerprint density at radius 1 is 1.14 bits per heavy atom. The third kappa shape index (κ3) is 5.30. The van der Waals surface area contributed by atoms with Crippen LogP contribution >= 0.6 is 0 Å². The van der Waals surface area contributed by atoms with Gasteiger partial charge in [0.2, 0.25) is 0 Å². The van der Waals surface area contributed by atoms with E-state index in [0.29, 0.717) is 12.5 Å². The second kappa shape index (κ2) is 7.25. The van der Waals surface area contributed by atoms with Crippen molar-refractivity contribution in [1.82, 2.24) is 0 Å². The summed E-state index contributed by atoms with van der Waals surface area (Å²) in [6.45, 7) is 0.839. The van der Waals surface area contributed by atoms with E-state index in [4.69, 9.17) is 0 Å². The van der Waals surface area contributed by atoms with Gasteiger partial charge in [0.15, 0.2) is 0 Å². The van der Waals surface area contributed by atoms with Gasteiger partial charge < -0.3 is 4.90 Å². The molecular formula is C16H24FNO2S. The molecule has 2 rings (SSSR count). The summed E-state index contributed by atoms with van der Waals surface area (Å²) in [7, 11) is -2.88. The monoisotopic (exact) mass is 313 g/mol. The van der Waals surface area contributed by atoms with Crippen LogP contribution in [0.3, 0.4) is 0 Å². The van der Waals surface area contributed by atoms with Gasteiger partial charge in [0, 0.05) is 30.3 Å². The van der Waals surface area contributed by atoms with E-state index in [1.54, 1.807) is 0 Å². The van der Waals surface area contributed by atoms with E-state index in [0.717, 1.165) is 18.7 Å². The summed E-state index contributed by atoms with van der Waals surface area (Å²) in [5, 5.41) is 0. The summed E-state index contributed by atoms with van der Waals surface area (Å²) < 4.78 is 35.4. The highest BCUT2D eigenvalue weighted by molar-refractivity contribution is 7.90. The summed E-state index contributed by atoms with van der Waals surface area (Å²) in [5.74, 6) is 0.0248. The lowest BCUT2D eigenvalue weighted by atomic mass is 10.1. The second-order valence-corrected chi connectivity index (χ2v) is 8.20. The standard InChI is InChI=1S/C16H24FNO2S/c1-21(19,20)13-5-4-12-18(15-6-2-3-7-15)16-10-8-14(17)9-11-16/h8-11,15H,2-7,12-13H2,1H3. The predicted molar refractivity (Wildman–Crippen MR) is 84.9 cm³/mol. The Hall–Kier alpha value is -1.10. The SMILES string of the molecule is CS(=O)(=O)CCCCN(c1ccc(F)cc1)C1CCCC1. The van der Waals surface area contributed by atoms with Crippen LogP contribution in [0.25, 0.3) is 0 Å². The third-order valence-corrected chi connectivity index (χ3v) is 5.12. The van der Waals surface area contributed by atoms with Crippen molar-refractivity contribution in [2.75, 3.05) is 23.5 Å². The number of nitrogens with zero attached hydrogens (tertiary/aromatic N) is 1. The predicted octanol–water partition coefficient (Wildman–Crippen LogP) is 3.40. The first-order chi connectivity index (χ1) is 9.96. The highest BCUT2D eigenvalue weighted by Crippen LogP contribution is 2.28. The smallest absolute Gasteiger partial charge is 0.147 e. The molecule has 0 radical (unpaired) electrons. The molecular weight excluding hydrogens is 289 g/mol. The minimum absolute atomic E-state index is 0.220. The van der Waals surface area contributed by atoms with E-state index in [2.05, 4.69) is 4.90 Å². The number of rotatable bonds is 7. The Balaban J connectivity index is 1.97. The fourth-order valence-electron chi connectivity index (χ4n) is 3.02. The molecule has 0 unspecified atom stereocenters. The molecule has 0 spiro atoms. The first-order valence-corrected chi connectivity index (χ1v) is 9.72. The molecule has 21 heavy (non-hydrogen) atoms. The zero-order valence-electron chi connectivity index (χ0n) is 12.6. The summed E-state index contributed by atoms with van der Waals surface area (Å²) in [5.41, 5.74) is 1.04. The maximum Gasteiger partial charge on any atom is 0.147 e. The highest BCUT2D eigenvalue weighted by Gasteiger charge is 2.22. The number of halogens is 1. The van der Waals surface area contributed by atoms with Gasteiger partial charge in [0.25, 0.3) is 0 Å². The maximum atomic E-state index is 13.1. The minimum Gasteiger partial charge on any atom is -0.369 e. The average Bonchev–Trinajstić information content (AvgIpc) is 2.93. The molecule has 1 aliphatic carbocycles. The molecule has 5 heteroatoms. The lowest BCUT2D eigenvalue weighted by Gasteiger charge is -2.31. The summed E-state index contributed by atoms with van der Waals surface area (Å²) in [6, 6.07) is 7.14. The van der Waals surface area contributed by atoms with Gasteiger partial charge >= 0.3 is 0 Å². The van der Waals surface area contributed by atoms with Crippen LogP contribution in [0, 0.1) is 5.82 Å². The van der Waals surface area contributed by atoms with Crippen LogP contribution in [-0.4, -0.2) is 33.0 Å². The van der Waals surface area contributed by atoms with Crippen molar-refractivity contribution in [3.63, 3.8) is 0 Å².